The molecule has 2 aromatic carbocycles. The van der Waals surface area contributed by atoms with E-state index in [1.54, 1.807) is 25.1 Å². The van der Waals surface area contributed by atoms with Gasteiger partial charge in [-0.1, -0.05) is 11.6 Å². The van der Waals surface area contributed by atoms with E-state index in [0.717, 1.165) is 10.9 Å². The zero-order valence-electron chi connectivity index (χ0n) is 15.7. The fraction of sp³-hybridized carbons (Fsp3) is 0.190. The third-order valence-corrected chi connectivity index (χ3v) is 4.41. The molecule has 0 fully saturated rings. The Morgan fingerprint density at radius 1 is 1.07 bits per heavy atom. The first kappa shape index (κ1) is 20.4. The number of ketones is 1. The SMILES string of the molecule is COc1ccc(C(=O)COC(=O)COc2ccc3c(C)cc(=O)oc3c2)cc1Cl. The van der Waals surface area contributed by atoms with Crippen molar-refractivity contribution in [3.63, 3.8) is 0 Å². The lowest BCUT2D eigenvalue weighted by atomic mass is 10.1. The molecule has 0 spiro atoms. The average molecular weight is 417 g/mol. The Morgan fingerprint density at radius 3 is 2.59 bits per heavy atom. The van der Waals surface area contributed by atoms with Gasteiger partial charge in [-0.2, -0.15) is 0 Å². The van der Waals surface area contributed by atoms with Crippen LogP contribution in [0.1, 0.15) is 15.9 Å². The van der Waals surface area contributed by atoms with Crippen molar-refractivity contribution >= 4 is 34.3 Å². The summed E-state index contributed by atoms with van der Waals surface area (Å²) < 4.78 is 20.4. The molecular formula is C21H17ClO7. The molecule has 7 nitrogen and oxygen atoms in total. The average Bonchev–Trinajstić information content (AvgIpc) is 2.69. The van der Waals surface area contributed by atoms with Crippen molar-refractivity contribution in [1.29, 1.82) is 0 Å². The van der Waals surface area contributed by atoms with E-state index in [1.165, 1.54) is 31.4 Å². The van der Waals surface area contributed by atoms with Crippen LogP contribution >= 0.6 is 11.6 Å². The van der Waals surface area contributed by atoms with Gasteiger partial charge in [0, 0.05) is 23.1 Å². The number of hydrogen-bond donors (Lipinski definition) is 0. The molecule has 0 saturated carbocycles. The molecule has 0 bridgehead atoms. The van der Waals surface area contributed by atoms with Crippen molar-refractivity contribution in [3.05, 3.63) is 69.0 Å². The predicted octanol–water partition coefficient (Wildman–Crippen LogP) is 3.57. The molecule has 1 aromatic heterocycles. The first-order valence-corrected chi connectivity index (χ1v) is 8.95. The highest BCUT2D eigenvalue weighted by Crippen LogP contribution is 2.25. The zero-order chi connectivity index (χ0) is 21.0. The van der Waals surface area contributed by atoms with E-state index in [-0.39, 0.29) is 5.02 Å². The minimum atomic E-state index is -0.719. The van der Waals surface area contributed by atoms with Crippen LogP contribution in [0.2, 0.25) is 5.02 Å². The predicted molar refractivity (Wildman–Crippen MR) is 106 cm³/mol. The van der Waals surface area contributed by atoms with Crippen LogP contribution in [0.15, 0.2) is 51.7 Å². The van der Waals surface area contributed by atoms with Gasteiger partial charge in [0.25, 0.3) is 0 Å². The molecule has 0 aliphatic rings. The number of esters is 1. The Balaban J connectivity index is 1.56. The van der Waals surface area contributed by atoms with Crippen LogP contribution in [-0.4, -0.2) is 32.1 Å². The molecule has 0 radical (unpaired) electrons. The van der Waals surface area contributed by atoms with Crippen molar-refractivity contribution in [2.24, 2.45) is 0 Å². The van der Waals surface area contributed by atoms with Gasteiger partial charge in [0.05, 0.1) is 12.1 Å². The number of benzene rings is 2. The largest absolute Gasteiger partial charge is 0.495 e. The molecule has 0 aliphatic carbocycles. The fourth-order valence-corrected chi connectivity index (χ4v) is 2.91. The Kier molecular flexibility index (Phi) is 6.19. The molecule has 0 saturated heterocycles. The Labute approximate surface area is 170 Å². The van der Waals surface area contributed by atoms with Crippen molar-refractivity contribution in [1.82, 2.24) is 0 Å². The van der Waals surface area contributed by atoms with Gasteiger partial charge in [-0.05, 0) is 42.8 Å². The van der Waals surface area contributed by atoms with Gasteiger partial charge in [0.15, 0.2) is 19.0 Å². The number of hydrogen-bond acceptors (Lipinski definition) is 7. The first-order chi connectivity index (χ1) is 13.9. The standard InChI is InChI=1S/C21H17ClO7/c1-12-7-20(24)29-19-9-14(4-5-15(12)19)27-11-21(25)28-10-17(23)13-3-6-18(26-2)16(22)8-13/h3-9H,10-11H2,1-2H3. The summed E-state index contributed by atoms with van der Waals surface area (Å²) in [5.74, 6) is -0.360. The summed E-state index contributed by atoms with van der Waals surface area (Å²) >= 11 is 5.98. The molecule has 150 valence electrons. The van der Waals surface area contributed by atoms with Crippen LogP contribution in [0.5, 0.6) is 11.5 Å². The molecule has 0 atom stereocenters. The number of methoxy groups -OCH3 is 1. The number of rotatable bonds is 7. The highest BCUT2D eigenvalue weighted by atomic mass is 35.5. The topological polar surface area (TPSA) is 92.0 Å². The van der Waals surface area contributed by atoms with Gasteiger partial charge in [-0.15, -0.1) is 0 Å². The highest BCUT2D eigenvalue weighted by molar-refractivity contribution is 6.32. The molecule has 0 unspecified atom stereocenters. The van der Waals surface area contributed by atoms with E-state index in [9.17, 15) is 14.4 Å². The lowest BCUT2D eigenvalue weighted by Crippen LogP contribution is -2.19. The lowest BCUT2D eigenvalue weighted by molar-refractivity contribution is -0.144. The van der Waals surface area contributed by atoms with Crippen LogP contribution in [0.4, 0.5) is 0 Å². The minimum absolute atomic E-state index is 0.284. The second-order valence-electron chi connectivity index (χ2n) is 6.13. The van der Waals surface area contributed by atoms with Crippen LogP contribution in [0.3, 0.4) is 0 Å². The smallest absolute Gasteiger partial charge is 0.344 e. The maximum absolute atomic E-state index is 12.1. The van der Waals surface area contributed by atoms with Gasteiger partial charge < -0.3 is 18.6 Å². The van der Waals surface area contributed by atoms with Gasteiger partial charge in [-0.25, -0.2) is 9.59 Å². The maximum Gasteiger partial charge on any atom is 0.344 e. The van der Waals surface area contributed by atoms with Gasteiger partial charge >= 0.3 is 11.6 Å². The van der Waals surface area contributed by atoms with Gasteiger partial charge in [0.1, 0.15) is 17.1 Å². The van der Waals surface area contributed by atoms with Crippen LogP contribution in [0.25, 0.3) is 11.0 Å². The summed E-state index contributed by atoms with van der Waals surface area (Å²) in [6.45, 7) is 0.943. The van der Waals surface area contributed by atoms with Crippen molar-refractivity contribution < 1.29 is 28.2 Å². The van der Waals surface area contributed by atoms with Gasteiger partial charge in [0.2, 0.25) is 0 Å². The lowest BCUT2D eigenvalue weighted by Gasteiger charge is -2.08. The normalized spacial score (nSPS) is 10.6. The number of ether oxygens (including phenoxy) is 3. The number of halogens is 1. The number of carbonyl (C=O) groups excluding carboxylic acids is 2. The molecule has 29 heavy (non-hydrogen) atoms. The van der Waals surface area contributed by atoms with E-state index < -0.39 is 30.6 Å². The monoisotopic (exact) mass is 416 g/mol. The summed E-state index contributed by atoms with van der Waals surface area (Å²) in [4.78, 5) is 35.5. The number of carbonyl (C=O) groups is 2. The zero-order valence-corrected chi connectivity index (χ0v) is 16.4. The second kappa shape index (κ2) is 8.79. The molecule has 1 heterocycles. The second-order valence-corrected chi connectivity index (χ2v) is 6.54. The van der Waals surface area contributed by atoms with Crippen molar-refractivity contribution in [2.75, 3.05) is 20.3 Å². The molecule has 8 heteroatoms. The number of Topliss-reactive ketones (excluding diaryl/α,β-unsaturated/α-hetero) is 1. The molecular weight excluding hydrogens is 400 g/mol. The Morgan fingerprint density at radius 2 is 1.86 bits per heavy atom. The molecule has 0 aliphatic heterocycles. The third kappa shape index (κ3) is 4.94. The number of fused-ring (bicyclic) bond motifs is 1. The minimum Gasteiger partial charge on any atom is -0.495 e. The fourth-order valence-electron chi connectivity index (χ4n) is 2.65. The van der Waals surface area contributed by atoms with E-state index in [4.69, 9.17) is 30.2 Å². The Bertz CT molecular complexity index is 1130. The van der Waals surface area contributed by atoms with E-state index in [0.29, 0.717) is 22.6 Å². The molecule has 3 aromatic rings. The van der Waals surface area contributed by atoms with Crippen LogP contribution in [0, 0.1) is 6.92 Å². The van der Waals surface area contributed by atoms with Crippen molar-refractivity contribution in [3.8, 4) is 11.5 Å². The third-order valence-electron chi connectivity index (χ3n) is 4.12. The first-order valence-electron chi connectivity index (χ1n) is 8.57. The molecule has 3 rings (SSSR count). The van der Waals surface area contributed by atoms with Crippen LogP contribution < -0.4 is 15.1 Å². The summed E-state index contributed by atoms with van der Waals surface area (Å²) in [7, 11) is 1.47. The summed E-state index contributed by atoms with van der Waals surface area (Å²) in [5, 5.41) is 1.05. The summed E-state index contributed by atoms with van der Waals surface area (Å²) in [6.07, 6.45) is 0. The van der Waals surface area contributed by atoms with Gasteiger partial charge in [-0.3, -0.25) is 4.79 Å². The maximum atomic E-state index is 12.1. The Hall–Kier alpha value is -3.32. The summed E-state index contributed by atoms with van der Waals surface area (Å²) in [5.41, 5.74) is 0.958. The van der Waals surface area contributed by atoms with E-state index >= 15 is 0 Å². The highest BCUT2D eigenvalue weighted by Gasteiger charge is 2.13. The number of aryl methyl sites for hydroxylation is 1. The van der Waals surface area contributed by atoms with Crippen molar-refractivity contribution in [2.45, 2.75) is 6.92 Å². The molecule has 0 N–H and O–H groups in total. The summed E-state index contributed by atoms with van der Waals surface area (Å²) in [6, 6.07) is 10.8. The van der Waals surface area contributed by atoms with Crippen LogP contribution in [-0.2, 0) is 9.53 Å². The quantitative estimate of drug-likeness (QED) is 0.330. The van der Waals surface area contributed by atoms with E-state index in [2.05, 4.69) is 0 Å². The molecule has 0 amide bonds. The van der Waals surface area contributed by atoms with E-state index in [1.807, 2.05) is 0 Å².